The molecule has 0 saturated carbocycles. The van der Waals surface area contributed by atoms with E-state index >= 15 is 0 Å². The molecule has 0 fully saturated rings. The summed E-state index contributed by atoms with van der Waals surface area (Å²) in [5.74, 6) is 0. The molecule has 0 aliphatic rings. The van der Waals surface area contributed by atoms with Gasteiger partial charge in [0.05, 0.1) is 0 Å². The maximum absolute atomic E-state index is 0. The molecule has 0 aliphatic carbocycles. The fourth-order valence-electron chi connectivity index (χ4n) is 0. The average molecular weight is 161 g/mol. The normalized spacial score (nSPS) is 0. The van der Waals surface area contributed by atoms with Gasteiger partial charge in [-0.3, -0.25) is 0 Å². The Morgan fingerprint density at radius 1 is 0.750 bits per heavy atom. The van der Waals surface area contributed by atoms with E-state index in [0.29, 0.717) is 0 Å². The van der Waals surface area contributed by atoms with E-state index in [1.54, 1.807) is 0 Å². The minimum absolute atomic E-state index is 0. The van der Waals surface area contributed by atoms with Gasteiger partial charge in [-0.1, -0.05) is 0 Å². The maximum atomic E-state index is 0. The monoisotopic (exact) mass is 158 g/mol. The van der Waals surface area contributed by atoms with Gasteiger partial charge in [-0.15, -0.1) is 0 Å². The van der Waals surface area contributed by atoms with Gasteiger partial charge in [0.2, 0.25) is 0 Å². The first-order chi connectivity index (χ1) is 0. The SMILES string of the molecule is [Cl-].[Cl-].[Mg+2].[Zn]. The molecular formula is Cl2MgZn. The Kier molecular flexibility index (Phi) is 192. The van der Waals surface area contributed by atoms with Crippen molar-refractivity contribution in [2.24, 2.45) is 0 Å². The molecule has 0 saturated heterocycles. The van der Waals surface area contributed by atoms with Gasteiger partial charge in [0, 0.05) is 19.5 Å². The largest absolute Gasteiger partial charge is 2.00 e. The Balaban J connectivity index is 0. The molecule has 18 valence electrons. The summed E-state index contributed by atoms with van der Waals surface area (Å²) in [6.07, 6.45) is 0. The second kappa shape index (κ2) is 20.2. The first kappa shape index (κ1) is 38.0. The molecule has 0 atom stereocenters. The summed E-state index contributed by atoms with van der Waals surface area (Å²) in [6, 6.07) is 0. The van der Waals surface area contributed by atoms with Gasteiger partial charge < -0.3 is 24.8 Å². The molecule has 0 heterocycles. The standard InChI is InChI=1S/2ClH.Mg.Zn/h2*1H;;/q;;+2;/p-2. The van der Waals surface area contributed by atoms with E-state index in [0.717, 1.165) is 0 Å². The zero-order valence-corrected chi connectivity index (χ0v) is 8.06. The summed E-state index contributed by atoms with van der Waals surface area (Å²) in [5, 5.41) is 0. The van der Waals surface area contributed by atoms with Crippen molar-refractivity contribution in [1.29, 1.82) is 0 Å². The molecule has 0 aliphatic heterocycles. The number of hydrogen-bond donors (Lipinski definition) is 0. The van der Waals surface area contributed by atoms with E-state index in [9.17, 15) is 0 Å². The van der Waals surface area contributed by atoms with Crippen LogP contribution in [0.4, 0.5) is 0 Å². The van der Waals surface area contributed by atoms with Crippen LogP contribution < -0.4 is 24.8 Å². The molecule has 0 rings (SSSR count). The van der Waals surface area contributed by atoms with E-state index < -0.39 is 0 Å². The summed E-state index contributed by atoms with van der Waals surface area (Å²) in [7, 11) is 0. The quantitative estimate of drug-likeness (QED) is 0.310. The van der Waals surface area contributed by atoms with Crippen LogP contribution in [0.2, 0.25) is 0 Å². The minimum atomic E-state index is 0. The second-order valence-corrected chi connectivity index (χ2v) is 0. The molecular weight excluding hydrogens is 161 g/mol. The summed E-state index contributed by atoms with van der Waals surface area (Å²) in [5.41, 5.74) is 0. The molecule has 0 nitrogen and oxygen atoms in total. The Bertz CT molecular complexity index is 6.00. The molecule has 0 bridgehead atoms. The summed E-state index contributed by atoms with van der Waals surface area (Å²) in [4.78, 5) is 0. The molecule has 4 heteroatoms. The van der Waals surface area contributed by atoms with E-state index in [-0.39, 0.29) is 67.3 Å². The molecule has 0 spiro atoms. The zero-order chi connectivity index (χ0) is 0. The molecule has 0 aromatic rings. The fourth-order valence-corrected chi connectivity index (χ4v) is 0. The molecule has 0 radical (unpaired) electrons. The van der Waals surface area contributed by atoms with Gasteiger partial charge in [-0.05, 0) is 0 Å². The first-order valence-corrected chi connectivity index (χ1v) is 0. The zero-order valence-electron chi connectivity index (χ0n) is 2.17. The topological polar surface area (TPSA) is 0 Å². The predicted octanol–water partition coefficient (Wildman–Crippen LogP) is -6.38. The van der Waals surface area contributed by atoms with Crippen molar-refractivity contribution in [3.63, 3.8) is 0 Å². The predicted molar refractivity (Wildman–Crippen MR) is 5.75 cm³/mol. The minimum Gasteiger partial charge on any atom is -1.00 e. The third-order valence-corrected chi connectivity index (χ3v) is 0. The van der Waals surface area contributed by atoms with Crippen LogP contribution >= 0.6 is 0 Å². The Hall–Kier alpha value is 1.97. The Labute approximate surface area is 66.8 Å². The van der Waals surface area contributed by atoms with Crippen LogP contribution in [0.5, 0.6) is 0 Å². The smallest absolute Gasteiger partial charge is 1.00 e. The third kappa shape index (κ3) is 9.02. The summed E-state index contributed by atoms with van der Waals surface area (Å²) < 4.78 is 0. The molecule has 4 heavy (non-hydrogen) atoms. The van der Waals surface area contributed by atoms with Crippen molar-refractivity contribution in [1.82, 2.24) is 0 Å². The maximum Gasteiger partial charge on any atom is 2.00 e. The van der Waals surface area contributed by atoms with Crippen molar-refractivity contribution in [3.8, 4) is 0 Å². The summed E-state index contributed by atoms with van der Waals surface area (Å²) in [6.45, 7) is 0. The van der Waals surface area contributed by atoms with Crippen molar-refractivity contribution < 1.29 is 44.3 Å². The molecule has 0 N–H and O–H groups in total. The van der Waals surface area contributed by atoms with E-state index in [1.807, 2.05) is 0 Å². The Morgan fingerprint density at radius 3 is 0.750 bits per heavy atom. The van der Waals surface area contributed by atoms with Crippen LogP contribution in [0.3, 0.4) is 0 Å². The average Bonchev–Trinajstić information content (AvgIpc) is 0. The van der Waals surface area contributed by atoms with Crippen LogP contribution in [0.25, 0.3) is 0 Å². The number of rotatable bonds is 0. The molecule has 0 aromatic heterocycles. The van der Waals surface area contributed by atoms with Crippen molar-refractivity contribution >= 4 is 23.1 Å². The summed E-state index contributed by atoms with van der Waals surface area (Å²) >= 11 is 0. The van der Waals surface area contributed by atoms with Crippen molar-refractivity contribution in [2.45, 2.75) is 0 Å². The second-order valence-electron chi connectivity index (χ2n) is 0. The van der Waals surface area contributed by atoms with Crippen molar-refractivity contribution in [2.75, 3.05) is 0 Å². The van der Waals surface area contributed by atoms with Crippen molar-refractivity contribution in [3.05, 3.63) is 0 Å². The van der Waals surface area contributed by atoms with Crippen LogP contribution in [0, 0.1) is 0 Å². The van der Waals surface area contributed by atoms with Gasteiger partial charge in [0.1, 0.15) is 0 Å². The van der Waals surface area contributed by atoms with Gasteiger partial charge in [-0.2, -0.15) is 0 Å². The van der Waals surface area contributed by atoms with E-state index in [1.165, 1.54) is 0 Å². The van der Waals surface area contributed by atoms with Crippen LogP contribution in [-0.2, 0) is 19.5 Å². The first-order valence-electron chi connectivity index (χ1n) is 0. The number of halogens is 2. The molecule has 0 unspecified atom stereocenters. The van der Waals surface area contributed by atoms with Gasteiger partial charge in [0.25, 0.3) is 0 Å². The third-order valence-electron chi connectivity index (χ3n) is 0. The van der Waals surface area contributed by atoms with Gasteiger partial charge in [0.15, 0.2) is 0 Å². The van der Waals surface area contributed by atoms with Crippen LogP contribution in [-0.4, -0.2) is 23.1 Å². The van der Waals surface area contributed by atoms with Gasteiger partial charge >= 0.3 is 23.1 Å². The number of hydrogen-bond acceptors (Lipinski definition) is 0. The fraction of sp³-hybridized carbons (Fsp3) is 0. The molecule has 0 amide bonds. The van der Waals surface area contributed by atoms with E-state index in [2.05, 4.69) is 0 Å². The molecule has 0 aromatic carbocycles. The van der Waals surface area contributed by atoms with Crippen LogP contribution in [0.1, 0.15) is 0 Å². The Morgan fingerprint density at radius 2 is 0.750 bits per heavy atom. The van der Waals surface area contributed by atoms with E-state index in [4.69, 9.17) is 0 Å². The van der Waals surface area contributed by atoms with Crippen LogP contribution in [0.15, 0.2) is 0 Å². The van der Waals surface area contributed by atoms with Gasteiger partial charge in [-0.25, -0.2) is 0 Å².